The van der Waals surface area contributed by atoms with Gasteiger partial charge in [0.1, 0.15) is 29.3 Å². The summed E-state index contributed by atoms with van der Waals surface area (Å²) in [6.07, 6.45) is 9.38. The lowest BCUT2D eigenvalue weighted by molar-refractivity contribution is -0.141. The molecule has 2 aliphatic heterocycles. The Morgan fingerprint density at radius 2 is 1.82 bits per heavy atom. The van der Waals surface area contributed by atoms with E-state index in [1.165, 1.54) is 4.90 Å². The maximum absolute atomic E-state index is 14.4. The molecule has 4 amide bonds. The first-order valence-corrected chi connectivity index (χ1v) is 19.2. The molecule has 2 saturated carbocycles. The normalized spacial score (nSPS) is 27.9. The fraction of sp³-hybridized carbons (Fsp3) is 0.583. The smallest absolute Gasteiger partial charge is 0.408 e. The first-order valence-electron chi connectivity index (χ1n) is 17.6. The first-order chi connectivity index (χ1) is 23.8. The maximum Gasteiger partial charge on any atom is 0.408 e. The molecule has 2 aromatic rings. The van der Waals surface area contributed by atoms with Crippen molar-refractivity contribution in [2.45, 2.75) is 120 Å². The summed E-state index contributed by atoms with van der Waals surface area (Å²) < 4.78 is 40.0. The van der Waals surface area contributed by atoms with Crippen molar-refractivity contribution in [3.63, 3.8) is 0 Å². The van der Waals surface area contributed by atoms with Gasteiger partial charge in [-0.05, 0) is 76.8 Å². The van der Waals surface area contributed by atoms with E-state index in [2.05, 4.69) is 20.3 Å². The molecule has 2 aliphatic carbocycles. The van der Waals surface area contributed by atoms with Gasteiger partial charge in [0, 0.05) is 23.9 Å². The van der Waals surface area contributed by atoms with Gasteiger partial charge < -0.3 is 25.0 Å². The summed E-state index contributed by atoms with van der Waals surface area (Å²) in [6.45, 7) is 5.22. The van der Waals surface area contributed by atoms with Crippen LogP contribution in [0.4, 0.5) is 4.79 Å². The number of pyridine rings is 1. The molecule has 3 fully saturated rings. The zero-order valence-electron chi connectivity index (χ0n) is 28.9. The molecule has 0 bridgehead atoms. The van der Waals surface area contributed by atoms with Crippen LogP contribution >= 0.6 is 0 Å². The molecule has 1 saturated heterocycles. The topological polar surface area (TPSA) is 173 Å². The average Bonchev–Trinajstić information content (AvgIpc) is 3.54. The molecule has 14 heteroatoms. The maximum atomic E-state index is 14.4. The predicted octanol–water partition coefficient (Wildman–Crippen LogP) is 3.87. The monoisotopic (exact) mass is 709 g/mol. The highest BCUT2D eigenvalue weighted by Gasteiger charge is 2.62. The van der Waals surface area contributed by atoms with Gasteiger partial charge in [-0.25, -0.2) is 18.2 Å². The lowest BCUT2D eigenvalue weighted by atomic mass is 10.0. The molecule has 0 unspecified atom stereocenters. The lowest BCUT2D eigenvalue weighted by Crippen LogP contribution is -2.59. The highest BCUT2D eigenvalue weighted by atomic mass is 32.2. The number of benzene rings is 1. The van der Waals surface area contributed by atoms with Gasteiger partial charge >= 0.3 is 6.09 Å². The second-order valence-electron chi connectivity index (χ2n) is 14.9. The van der Waals surface area contributed by atoms with Crippen molar-refractivity contribution in [1.82, 2.24) is 25.2 Å². The molecule has 5 atom stereocenters. The largest absolute Gasteiger partial charge is 0.472 e. The van der Waals surface area contributed by atoms with Crippen LogP contribution in [0.1, 0.15) is 85.0 Å². The third-order valence-corrected chi connectivity index (χ3v) is 11.8. The third-order valence-electron chi connectivity index (χ3n) is 9.98. The van der Waals surface area contributed by atoms with Crippen molar-refractivity contribution in [2.75, 3.05) is 6.54 Å². The van der Waals surface area contributed by atoms with Crippen molar-refractivity contribution < 1.29 is 37.1 Å². The number of nitrogens with one attached hydrogen (secondary N) is 3. The highest BCUT2D eigenvalue weighted by Crippen LogP contribution is 2.46. The van der Waals surface area contributed by atoms with Crippen LogP contribution in [0.5, 0.6) is 5.88 Å². The number of sulfonamides is 1. The number of carbonyl (C=O) groups excluding carboxylic acids is 4. The molecule has 1 aromatic carbocycles. The Hall–Kier alpha value is -4.20. The number of allylic oxidation sites excluding steroid dienone is 1. The number of nitrogens with zero attached hydrogens (tertiary/aromatic N) is 2. The molecule has 6 rings (SSSR count). The third kappa shape index (κ3) is 7.90. The van der Waals surface area contributed by atoms with E-state index in [-0.39, 0.29) is 19.4 Å². The number of ether oxygens (including phenoxy) is 2. The molecular formula is C36H47N5O8S. The summed E-state index contributed by atoms with van der Waals surface area (Å²) in [5.41, 5.74) is -2.27. The van der Waals surface area contributed by atoms with E-state index in [0.717, 1.165) is 30.0 Å². The summed E-state index contributed by atoms with van der Waals surface area (Å²) in [4.78, 5) is 61.1. The minimum atomic E-state index is -3.91. The second kappa shape index (κ2) is 14.2. The molecule has 270 valence electrons. The molecule has 13 nitrogen and oxygen atoms in total. The fourth-order valence-electron chi connectivity index (χ4n) is 6.94. The van der Waals surface area contributed by atoms with Crippen molar-refractivity contribution >= 4 is 44.6 Å². The highest BCUT2D eigenvalue weighted by molar-refractivity contribution is 7.90. The van der Waals surface area contributed by atoms with Gasteiger partial charge in [0.05, 0.1) is 11.8 Å². The SMILES string of the molecule is CC(C)(C)OC(=O)N[C@H]1CCCCCC=C[C@@H]2C[C@@]2(C(=O)NS(=O)(=O)C2CCC2)NC(=O)[C@@H]2C[C@@H](Oc3nccc4ccccc34)CN2C1=O. The van der Waals surface area contributed by atoms with E-state index in [1.807, 2.05) is 42.5 Å². The Labute approximate surface area is 293 Å². The van der Waals surface area contributed by atoms with E-state index < -0.39 is 74.3 Å². The number of alkyl carbamates (subject to hydrolysis) is 1. The van der Waals surface area contributed by atoms with E-state index in [0.29, 0.717) is 38.0 Å². The summed E-state index contributed by atoms with van der Waals surface area (Å²) >= 11 is 0. The van der Waals surface area contributed by atoms with Gasteiger partial charge in [0.15, 0.2) is 0 Å². The summed E-state index contributed by atoms with van der Waals surface area (Å²) in [5, 5.41) is 6.68. The second-order valence-corrected chi connectivity index (χ2v) is 16.8. The standard InChI is InChI=1S/C36H47N5O8S/c1-35(2,3)49-34(45)38-28-17-8-6-4-5-7-13-24-21-36(24,33(44)40-50(46,47)26-14-11-15-26)39-30(42)29-20-25(22-41(29)32(28)43)48-31-27-16-10-9-12-23(27)18-19-37-31/h7,9-10,12-13,16,18-19,24-26,28-29H,4-6,8,11,14-15,17,20-22H2,1-3H3,(H,38,45)(H,39,42)(H,40,44)/t24-,25-,28+,29+,36-/m1/s1. The lowest BCUT2D eigenvalue weighted by Gasteiger charge is -2.31. The van der Waals surface area contributed by atoms with Crippen molar-refractivity contribution in [1.29, 1.82) is 0 Å². The van der Waals surface area contributed by atoms with Gasteiger partial charge in [0.25, 0.3) is 5.91 Å². The first kappa shape index (κ1) is 35.6. The van der Waals surface area contributed by atoms with Crippen LogP contribution in [0.3, 0.4) is 0 Å². The van der Waals surface area contributed by atoms with Gasteiger partial charge in [-0.15, -0.1) is 0 Å². The van der Waals surface area contributed by atoms with Crippen LogP contribution in [-0.4, -0.2) is 83.2 Å². The Bertz CT molecular complexity index is 1770. The molecule has 4 aliphatic rings. The van der Waals surface area contributed by atoms with E-state index in [1.54, 1.807) is 27.0 Å². The Morgan fingerprint density at radius 3 is 2.56 bits per heavy atom. The number of hydrogen-bond donors (Lipinski definition) is 3. The number of aromatic nitrogens is 1. The summed E-state index contributed by atoms with van der Waals surface area (Å²) in [7, 11) is -3.91. The zero-order chi connectivity index (χ0) is 35.7. The van der Waals surface area contributed by atoms with E-state index in [4.69, 9.17) is 9.47 Å². The fourth-order valence-corrected chi connectivity index (χ4v) is 8.50. The quantitative estimate of drug-likeness (QED) is 0.377. The van der Waals surface area contributed by atoms with Crippen molar-refractivity contribution in [2.24, 2.45) is 5.92 Å². The van der Waals surface area contributed by atoms with Crippen LogP contribution in [0.15, 0.2) is 48.7 Å². The number of hydrogen-bond acceptors (Lipinski definition) is 9. The van der Waals surface area contributed by atoms with E-state index >= 15 is 0 Å². The van der Waals surface area contributed by atoms with Gasteiger partial charge in [-0.1, -0.05) is 49.6 Å². The zero-order valence-corrected chi connectivity index (χ0v) is 29.7. The number of fused-ring (bicyclic) bond motifs is 3. The Morgan fingerprint density at radius 1 is 1.04 bits per heavy atom. The number of carbonyl (C=O) groups is 4. The molecule has 50 heavy (non-hydrogen) atoms. The van der Waals surface area contributed by atoms with Crippen LogP contribution in [0.25, 0.3) is 10.8 Å². The molecule has 3 N–H and O–H groups in total. The summed E-state index contributed by atoms with van der Waals surface area (Å²) in [6, 6.07) is 7.40. The van der Waals surface area contributed by atoms with Crippen LogP contribution in [0.2, 0.25) is 0 Å². The Kier molecular flexibility index (Phi) is 10.1. The summed E-state index contributed by atoms with van der Waals surface area (Å²) in [5.74, 6) is -1.90. The molecule has 1 aromatic heterocycles. The minimum Gasteiger partial charge on any atom is -0.472 e. The van der Waals surface area contributed by atoms with Crippen molar-refractivity contribution in [3.05, 3.63) is 48.7 Å². The van der Waals surface area contributed by atoms with Crippen molar-refractivity contribution in [3.8, 4) is 5.88 Å². The van der Waals surface area contributed by atoms with Gasteiger partial charge in [-0.2, -0.15) is 0 Å². The molecule has 0 radical (unpaired) electrons. The van der Waals surface area contributed by atoms with E-state index in [9.17, 15) is 27.6 Å². The molecule has 3 heterocycles. The Balaban J connectivity index is 1.30. The number of amides is 4. The van der Waals surface area contributed by atoms with Gasteiger partial charge in [-0.3, -0.25) is 19.1 Å². The molecular weight excluding hydrogens is 662 g/mol. The number of rotatable bonds is 6. The minimum absolute atomic E-state index is 0.0207. The predicted molar refractivity (Wildman–Crippen MR) is 185 cm³/mol. The van der Waals surface area contributed by atoms with Crippen LogP contribution in [0, 0.1) is 5.92 Å². The van der Waals surface area contributed by atoms with Crippen LogP contribution in [-0.2, 0) is 29.1 Å². The molecule has 0 spiro atoms. The average molecular weight is 710 g/mol. The van der Waals surface area contributed by atoms with Gasteiger partial charge in [0.2, 0.25) is 27.7 Å². The van der Waals surface area contributed by atoms with Crippen LogP contribution < -0.4 is 20.1 Å².